The van der Waals surface area contributed by atoms with Gasteiger partial charge in [-0.05, 0) is 61.0 Å². The third-order valence-corrected chi connectivity index (χ3v) is 6.65. The Hall–Kier alpha value is -4.24. The predicted molar refractivity (Wildman–Crippen MR) is 142 cm³/mol. The van der Waals surface area contributed by atoms with Gasteiger partial charge >= 0.3 is 0 Å². The van der Waals surface area contributed by atoms with Crippen molar-refractivity contribution in [2.75, 3.05) is 30.4 Å². The predicted octanol–water partition coefficient (Wildman–Crippen LogP) is 5.00. The summed E-state index contributed by atoms with van der Waals surface area (Å²) in [6.07, 6.45) is 5.04. The molecule has 188 valence electrons. The standard InChI is InChI=1S/C28H28N6O3/c1-19-14-20(6-8-25(19)36-16-22-4-2-3-11-29-22)33-26-23-15-21(5-7-24(23)31-18-32-26)34-27-30-17-28(37-27)9-12-35-13-10-28/h2-8,11,14-15,18H,9-10,12-13,16-17H2,1H3,(H,30,34)(H,31,32,33). The lowest BCUT2D eigenvalue weighted by Gasteiger charge is -2.31. The first kappa shape index (κ1) is 23.2. The van der Waals surface area contributed by atoms with Crippen LogP contribution in [0.3, 0.4) is 0 Å². The van der Waals surface area contributed by atoms with E-state index < -0.39 is 0 Å². The van der Waals surface area contributed by atoms with E-state index in [0.29, 0.717) is 38.2 Å². The average Bonchev–Trinajstić information content (AvgIpc) is 3.30. The summed E-state index contributed by atoms with van der Waals surface area (Å²) in [4.78, 5) is 17.8. The van der Waals surface area contributed by atoms with Gasteiger partial charge in [-0.25, -0.2) is 15.0 Å². The number of nitrogens with one attached hydrogen (secondary N) is 2. The van der Waals surface area contributed by atoms with Crippen molar-refractivity contribution in [3.05, 3.63) is 78.4 Å². The highest BCUT2D eigenvalue weighted by Gasteiger charge is 2.39. The molecule has 2 aliphatic rings. The number of pyridine rings is 1. The molecule has 4 aromatic rings. The van der Waals surface area contributed by atoms with Crippen LogP contribution in [0.15, 0.2) is 72.1 Å². The zero-order valence-corrected chi connectivity index (χ0v) is 20.6. The van der Waals surface area contributed by atoms with Gasteiger partial charge in [0.1, 0.15) is 30.1 Å². The molecule has 2 aliphatic heterocycles. The SMILES string of the molecule is Cc1cc(Nc2ncnc3ccc(NC4=NCC5(CCOCC5)O4)cc23)ccc1OCc1ccccn1. The summed E-state index contributed by atoms with van der Waals surface area (Å²) in [6, 6.07) is 18.3. The second-order valence-electron chi connectivity index (χ2n) is 9.31. The monoisotopic (exact) mass is 496 g/mol. The van der Waals surface area contributed by atoms with Gasteiger partial charge in [-0.3, -0.25) is 4.98 Å². The van der Waals surface area contributed by atoms with Crippen LogP contribution in [0.4, 0.5) is 17.2 Å². The number of fused-ring (bicyclic) bond motifs is 1. The van der Waals surface area contributed by atoms with Gasteiger partial charge in [0, 0.05) is 35.8 Å². The molecule has 9 heteroatoms. The van der Waals surface area contributed by atoms with Crippen molar-refractivity contribution in [1.82, 2.24) is 15.0 Å². The van der Waals surface area contributed by atoms with Crippen molar-refractivity contribution in [2.24, 2.45) is 4.99 Å². The second-order valence-corrected chi connectivity index (χ2v) is 9.31. The quantitative estimate of drug-likeness (QED) is 0.384. The molecule has 2 N–H and O–H groups in total. The number of ether oxygens (including phenoxy) is 3. The number of amidine groups is 1. The summed E-state index contributed by atoms with van der Waals surface area (Å²) in [7, 11) is 0. The second kappa shape index (κ2) is 10.0. The molecule has 1 saturated heterocycles. The van der Waals surface area contributed by atoms with E-state index in [1.165, 1.54) is 0 Å². The molecular weight excluding hydrogens is 468 g/mol. The Balaban J connectivity index is 1.17. The minimum atomic E-state index is -0.237. The molecule has 2 aromatic heterocycles. The van der Waals surface area contributed by atoms with Gasteiger partial charge in [0.25, 0.3) is 6.02 Å². The van der Waals surface area contributed by atoms with E-state index in [0.717, 1.165) is 52.1 Å². The first-order valence-electron chi connectivity index (χ1n) is 12.4. The molecular formula is C28H28N6O3. The summed E-state index contributed by atoms with van der Waals surface area (Å²) in [5, 5.41) is 7.64. The molecule has 1 fully saturated rings. The maximum absolute atomic E-state index is 6.20. The molecule has 0 aliphatic carbocycles. The van der Waals surface area contributed by atoms with Crippen molar-refractivity contribution in [1.29, 1.82) is 0 Å². The number of nitrogens with zero attached hydrogens (tertiary/aromatic N) is 4. The van der Waals surface area contributed by atoms with Gasteiger partial charge in [0.15, 0.2) is 0 Å². The molecule has 0 unspecified atom stereocenters. The first-order valence-corrected chi connectivity index (χ1v) is 12.4. The van der Waals surface area contributed by atoms with E-state index in [2.05, 4.69) is 30.6 Å². The molecule has 37 heavy (non-hydrogen) atoms. The van der Waals surface area contributed by atoms with E-state index in [-0.39, 0.29) is 5.60 Å². The van der Waals surface area contributed by atoms with Crippen molar-refractivity contribution < 1.29 is 14.2 Å². The van der Waals surface area contributed by atoms with Crippen LogP contribution in [0.5, 0.6) is 5.75 Å². The fraction of sp³-hybridized carbons (Fsp3) is 0.286. The Bertz CT molecular complexity index is 1440. The van der Waals surface area contributed by atoms with Gasteiger partial charge < -0.3 is 24.8 Å². The molecule has 0 amide bonds. The van der Waals surface area contributed by atoms with Gasteiger partial charge in [-0.1, -0.05) is 6.07 Å². The van der Waals surface area contributed by atoms with Crippen molar-refractivity contribution in [3.8, 4) is 5.75 Å². The number of hydrogen-bond donors (Lipinski definition) is 2. The number of rotatable bonds is 6. The normalized spacial score (nSPS) is 16.3. The average molecular weight is 497 g/mol. The highest BCUT2D eigenvalue weighted by molar-refractivity contribution is 5.97. The molecule has 1 spiro atoms. The van der Waals surface area contributed by atoms with Crippen LogP contribution >= 0.6 is 0 Å². The summed E-state index contributed by atoms with van der Waals surface area (Å²) in [5.41, 5.74) is 4.27. The Morgan fingerprint density at radius 2 is 1.81 bits per heavy atom. The molecule has 0 saturated carbocycles. The fourth-order valence-corrected chi connectivity index (χ4v) is 4.57. The minimum absolute atomic E-state index is 0.237. The lowest BCUT2D eigenvalue weighted by Crippen LogP contribution is -2.40. The van der Waals surface area contributed by atoms with Crippen LogP contribution in [0.2, 0.25) is 0 Å². The largest absolute Gasteiger partial charge is 0.487 e. The van der Waals surface area contributed by atoms with E-state index in [1.807, 2.05) is 61.5 Å². The van der Waals surface area contributed by atoms with Crippen molar-refractivity contribution in [2.45, 2.75) is 32.0 Å². The Kier molecular flexibility index (Phi) is 6.28. The van der Waals surface area contributed by atoms with Gasteiger partial charge in [0.2, 0.25) is 0 Å². The Morgan fingerprint density at radius 3 is 2.65 bits per heavy atom. The third-order valence-electron chi connectivity index (χ3n) is 6.65. The zero-order valence-electron chi connectivity index (χ0n) is 20.6. The molecule has 9 nitrogen and oxygen atoms in total. The molecule has 0 radical (unpaired) electrons. The fourth-order valence-electron chi connectivity index (χ4n) is 4.57. The summed E-state index contributed by atoms with van der Waals surface area (Å²) >= 11 is 0. The highest BCUT2D eigenvalue weighted by Crippen LogP contribution is 2.32. The molecule has 0 bridgehead atoms. The zero-order chi connectivity index (χ0) is 25.1. The molecule has 6 rings (SSSR count). The summed E-state index contributed by atoms with van der Waals surface area (Å²) in [6.45, 7) is 4.52. The topological polar surface area (TPSA) is 103 Å². The van der Waals surface area contributed by atoms with Crippen molar-refractivity contribution in [3.63, 3.8) is 0 Å². The lowest BCUT2D eigenvalue weighted by atomic mass is 9.95. The Morgan fingerprint density at radius 1 is 0.946 bits per heavy atom. The highest BCUT2D eigenvalue weighted by atomic mass is 16.5. The number of anilines is 3. The maximum Gasteiger partial charge on any atom is 0.289 e. The van der Waals surface area contributed by atoms with E-state index in [9.17, 15) is 0 Å². The number of benzene rings is 2. The summed E-state index contributed by atoms with van der Waals surface area (Å²) in [5.74, 6) is 1.53. The van der Waals surface area contributed by atoms with Crippen LogP contribution in [0.25, 0.3) is 10.9 Å². The number of hydrogen-bond acceptors (Lipinski definition) is 9. The van der Waals surface area contributed by atoms with E-state index in [4.69, 9.17) is 14.2 Å². The van der Waals surface area contributed by atoms with Gasteiger partial charge in [0.05, 0.1) is 31.0 Å². The van der Waals surface area contributed by atoms with E-state index >= 15 is 0 Å². The van der Waals surface area contributed by atoms with Crippen LogP contribution in [-0.4, -0.2) is 46.3 Å². The third kappa shape index (κ3) is 5.17. The van der Waals surface area contributed by atoms with E-state index in [1.54, 1.807) is 12.5 Å². The van der Waals surface area contributed by atoms with Crippen LogP contribution in [0.1, 0.15) is 24.1 Å². The maximum atomic E-state index is 6.20. The molecule has 0 atom stereocenters. The number of aryl methyl sites for hydroxylation is 1. The lowest BCUT2D eigenvalue weighted by molar-refractivity contribution is -0.0361. The van der Waals surface area contributed by atoms with Crippen LogP contribution < -0.4 is 15.4 Å². The smallest absolute Gasteiger partial charge is 0.289 e. The summed E-state index contributed by atoms with van der Waals surface area (Å²) < 4.78 is 17.6. The first-order chi connectivity index (χ1) is 18.2. The Labute approximate surface area is 214 Å². The molecule has 4 heterocycles. The van der Waals surface area contributed by atoms with Crippen molar-refractivity contribution >= 4 is 34.1 Å². The van der Waals surface area contributed by atoms with Crippen LogP contribution in [-0.2, 0) is 16.1 Å². The number of aliphatic imine (C=N–C) groups is 1. The number of aromatic nitrogens is 3. The van der Waals surface area contributed by atoms with Gasteiger partial charge in [-0.2, -0.15) is 0 Å². The van der Waals surface area contributed by atoms with Gasteiger partial charge in [-0.15, -0.1) is 0 Å². The molecule has 2 aromatic carbocycles. The minimum Gasteiger partial charge on any atom is -0.487 e. The van der Waals surface area contributed by atoms with Crippen LogP contribution in [0, 0.1) is 6.92 Å².